The monoisotopic (exact) mass is 278 g/mol. The first-order valence-corrected chi connectivity index (χ1v) is 8.74. The third kappa shape index (κ3) is 2.61. The van der Waals surface area contributed by atoms with Crippen LogP contribution in [0.5, 0.6) is 0 Å². The third-order valence-corrected chi connectivity index (χ3v) is 6.02. The molecule has 3 nitrogen and oxygen atoms in total. The first-order valence-electron chi connectivity index (χ1n) is 8.74. The fourth-order valence-electron chi connectivity index (χ4n) is 4.93. The largest absolute Gasteiger partial charge is 0.338 e. The molecule has 1 N–H and O–H groups in total. The number of amides is 1. The number of nitrogens with one attached hydrogen (secondary N) is 1. The van der Waals surface area contributed by atoms with E-state index in [1.54, 1.807) is 0 Å². The van der Waals surface area contributed by atoms with Gasteiger partial charge in [-0.25, -0.2) is 0 Å². The van der Waals surface area contributed by atoms with Crippen molar-refractivity contribution in [1.82, 2.24) is 10.2 Å². The molecule has 1 amide bonds. The second kappa shape index (κ2) is 6.05. The van der Waals surface area contributed by atoms with Gasteiger partial charge in [-0.2, -0.15) is 0 Å². The van der Waals surface area contributed by atoms with Crippen LogP contribution in [0.25, 0.3) is 0 Å². The van der Waals surface area contributed by atoms with Gasteiger partial charge in [-0.3, -0.25) is 4.79 Å². The van der Waals surface area contributed by atoms with E-state index in [1.807, 2.05) is 0 Å². The van der Waals surface area contributed by atoms with E-state index in [4.69, 9.17) is 0 Å². The molecule has 5 unspecified atom stereocenters. The zero-order chi connectivity index (χ0) is 14.1. The van der Waals surface area contributed by atoms with Gasteiger partial charge in [0.25, 0.3) is 0 Å². The topological polar surface area (TPSA) is 32.3 Å². The summed E-state index contributed by atoms with van der Waals surface area (Å²) in [6, 6.07) is 0.550. The zero-order valence-electron chi connectivity index (χ0n) is 13.1. The molecule has 2 bridgehead atoms. The van der Waals surface area contributed by atoms with Gasteiger partial charge in [-0.05, 0) is 69.7 Å². The van der Waals surface area contributed by atoms with Crippen LogP contribution in [-0.4, -0.2) is 36.0 Å². The summed E-state index contributed by atoms with van der Waals surface area (Å²) >= 11 is 0. The van der Waals surface area contributed by atoms with Gasteiger partial charge < -0.3 is 10.2 Å². The highest BCUT2D eigenvalue weighted by Gasteiger charge is 2.45. The highest BCUT2D eigenvalue weighted by atomic mass is 16.2. The minimum absolute atomic E-state index is 0.0877. The molecular weight excluding hydrogens is 248 g/mol. The number of hydrogen-bond donors (Lipinski definition) is 1. The highest BCUT2D eigenvalue weighted by molar-refractivity contribution is 5.83. The standard InChI is InChI=1S/C17H30N2O/c1-3-8-18-16-5-4-9-19(17(16)20)12(2)15-11-13-6-7-14(15)10-13/h12-16,18H,3-11H2,1-2H3. The van der Waals surface area contributed by atoms with Crippen molar-refractivity contribution < 1.29 is 4.79 Å². The Labute approximate surface area is 123 Å². The normalized spacial score (nSPS) is 38.5. The van der Waals surface area contributed by atoms with Crippen LogP contribution in [-0.2, 0) is 4.79 Å². The van der Waals surface area contributed by atoms with Gasteiger partial charge in [0, 0.05) is 12.6 Å². The van der Waals surface area contributed by atoms with E-state index in [9.17, 15) is 4.79 Å². The van der Waals surface area contributed by atoms with Crippen LogP contribution in [0.4, 0.5) is 0 Å². The van der Waals surface area contributed by atoms with E-state index in [1.165, 1.54) is 25.7 Å². The SMILES string of the molecule is CCCNC1CCCN(C(C)C2CC3CCC2C3)C1=O. The summed E-state index contributed by atoms with van der Waals surface area (Å²) in [6.07, 6.45) is 8.97. The predicted octanol–water partition coefficient (Wildman–Crippen LogP) is 2.80. The van der Waals surface area contributed by atoms with Gasteiger partial charge in [0.05, 0.1) is 6.04 Å². The van der Waals surface area contributed by atoms with Gasteiger partial charge >= 0.3 is 0 Å². The first kappa shape index (κ1) is 14.4. The molecule has 3 fully saturated rings. The number of fused-ring (bicyclic) bond motifs is 2. The number of likely N-dealkylation sites (tertiary alicyclic amines) is 1. The Morgan fingerprint density at radius 3 is 2.80 bits per heavy atom. The van der Waals surface area contributed by atoms with Gasteiger partial charge in [0.2, 0.25) is 5.91 Å². The Balaban J connectivity index is 1.62. The van der Waals surface area contributed by atoms with E-state index >= 15 is 0 Å². The van der Waals surface area contributed by atoms with Gasteiger partial charge in [-0.15, -0.1) is 0 Å². The maximum atomic E-state index is 12.7. The lowest BCUT2D eigenvalue weighted by molar-refractivity contribution is -0.139. The fourth-order valence-corrected chi connectivity index (χ4v) is 4.93. The maximum Gasteiger partial charge on any atom is 0.239 e. The second-order valence-corrected chi connectivity index (χ2v) is 7.26. The summed E-state index contributed by atoms with van der Waals surface area (Å²) < 4.78 is 0. The second-order valence-electron chi connectivity index (χ2n) is 7.26. The maximum absolute atomic E-state index is 12.7. The Kier molecular flexibility index (Phi) is 4.34. The number of piperidine rings is 1. The fraction of sp³-hybridized carbons (Fsp3) is 0.941. The molecule has 20 heavy (non-hydrogen) atoms. The zero-order valence-corrected chi connectivity index (χ0v) is 13.1. The molecule has 3 aliphatic rings. The van der Waals surface area contributed by atoms with Crippen molar-refractivity contribution in [2.24, 2.45) is 17.8 Å². The van der Waals surface area contributed by atoms with Crippen LogP contribution < -0.4 is 5.32 Å². The van der Waals surface area contributed by atoms with Gasteiger partial charge in [0.15, 0.2) is 0 Å². The minimum Gasteiger partial charge on any atom is -0.338 e. The summed E-state index contributed by atoms with van der Waals surface area (Å²) in [5, 5.41) is 3.44. The summed E-state index contributed by atoms with van der Waals surface area (Å²) in [7, 11) is 0. The molecule has 3 heteroatoms. The Hall–Kier alpha value is -0.570. The molecular formula is C17H30N2O. The van der Waals surface area contributed by atoms with E-state index in [-0.39, 0.29) is 6.04 Å². The Morgan fingerprint density at radius 1 is 1.30 bits per heavy atom. The molecule has 3 rings (SSSR count). The Bertz CT molecular complexity index is 357. The van der Waals surface area contributed by atoms with E-state index in [2.05, 4.69) is 24.1 Å². The number of carbonyl (C=O) groups is 1. The molecule has 1 aliphatic heterocycles. The first-order chi connectivity index (χ1) is 9.70. The lowest BCUT2D eigenvalue weighted by Crippen LogP contribution is -2.55. The molecule has 0 radical (unpaired) electrons. The lowest BCUT2D eigenvalue weighted by Gasteiger charge is -2.41. The molecule has 2 aliphatic carbocycles. The number of hydrogen-bond acceptors (Lipinski definition) is 2. The number of rotatable bonds is 5. The summed E-state index contributed by atoms with van der Waals surface area (Å²) in [5.74, 6) is 3.04. The van der Waals surface area contributed by atoms with E-state index < -0.39 is 0 Å². The minimum atomic E-state index is 0.0877. The molecule has 5 atom stereocenters. The third-order valence-electron chi connectivity index (χ3n) is 6.02. The van der Waals surface area contributed by atoms with Crippen molar-refractivity contribution >= 4 is 5.91 Å². The molecule has 1 saturated heterocycles. The van der Waals surface area contributed by atoms with Crippen LogP contribution in [0.3, 0.4) is 0 Å². The van der Waals surface area contributed by atoms with Crippen LogP contribution in [0.15, 0.2) is 0 Å². The van der Waals surface area contributed by atoms with Crippen LogP contribution in [0, 0.1) is 17.8 Å². The molecule has 0 aromatic heterocycles. The number of carbonyl (C=O) groups excluding carboxylic acids is 1. The van der Waals surface area contributed by atoms with Crippen molar-refractivity contribution in [3.8, 4) is 0 Å². The van der Waals surface area contributed by atoms with Crippen molar-refractivity contribution in [2.45, 2.75) is 70.9 Å². The van der Waals surface area contributed by atoms with Gasteiger partial charge in [-0.1, -0.05) is 13.3 Å². The lowest BCUT2D eigenvalue weighted by atomic mass is 9.82. The number of nitrogens with zero attached hydrogens (tertiary/aromatic N) is 1. The van der Waals surface area contributed by atoms with Crippen molar-refractivity contribution in [3.05, 3.63) is 0 Å². The van der Waals surface area contributed by atoms with Crippen LogP contribution in [0.1, 0.15) is 58.8 Å². The van der Waals surface area contributed by atoms with Crippen molar-refractivity contribution in [3.63, 3.8) is 0 Å². The van der Waals surface area contributed by atoms with Gasteiger partial charge in [0.1, 0.15) is 0 Å². The highest BCUT2D eigenvalue weighted by Crippen LogP contribution is 2.50. The van der Waals surface area contributed by atoms with Crippen molar-refractivity contribution in [2.75, 3.05) is 13.1 Å². The molecule has 1 heterocycles. The van der Waals surface area contributed by atoms with E-state index in [0.29, 0.717) is 11.9 Å². The molecule has 0 spiro atoms. The molecule has 2 saturated carbocycles. The molecule has 114 valence electrons. The summed E-state index contributed by atoms with van der Waals surface area (Å²) in [6.45, 7) is 6.42. The van der Waals surface area contributed by atoms with Crippen molar-refractivity contribution in [1.29, 1.82) is 0 Å². The summed E-state index contributed by atoms with van der Waals surface area (Å²) in [4.78, 5) is 14.9. The van der Waals surface area contributed by atoms with Crippen LogP contribution in [0.2, 0.25) is 0 Å². The molecule has 0 aromatic rings. The van der Waals surface area contributed by atoms with Crippen LogP contribution >= 0.6 is 0 Å². The quantitative estimate of drug-likeness (QED) is 0.838. The van der Waals surface area contributed by atoms with E-state index in [0.717, 1.165) is 50.1 Å². The Morgan fingerprint density at radius 2 is 2.15 bits per heavy atom. The average molecular weight is 278 g/mol. The molecule has 0 aromatic carbocycles. The predicted molar refractivity (Wildman–Crippen MR) is 81.4 cm³/mol. The summed E-state index contributed by atoms with van der Waals surface area (Å²) in [5.41, 5.74) is 0. The smallest absolute Gasteiger partial charge is 0.239 e. The average Bonchev–Trinajstić information content (AvgIpc) is 3.08.